The van der Waals surface area contributed by atoms with Gasteiger partial charge in [0.05, 0.1) is 24.7 Å². The largest absolute Gasteiger partial charge is 0.481 e. The number of ether oxygens (including phenoxy) is 1. The SMILES string of the molecule is CNCCCS(=O)(=O)Nc1ccc(OC)nc1. The van der Waals surface area contributed by atoms with E-state index in [1.807, 2.05) is 0 Å². The van der Waals surface area contributed by atoms with E-state index in [0.29, 0.717) is 24.5 Å². The van der Waals surface area contributed by atoms with Crippen LogP contribution in [0.5, 0.6) is 5.88 Å². The van der Waals surface area contributed by atoms with Gasteiger partial charge in [-0.05, 0) is 26.1 Å². The number of methoxy groups -OCH3 is 1. The van der Waals surface area contributed by atoms with Gasteiger partial charge in [0.2, 0.25) is 15.9 Å². The summed E-state index contributed by atoms with van der Waals surface area (Å²) in [7, 11) is -0.00821. The van der Waals surface area contributed by atoms with Crippen LogP contribution in [0.4, 0.5) is 5.69 Å². The summed E-state index contributed by atoms with van der Waals surface area (Å²) >= 11 is 0. The summed E-state index contributed by atoms with van der Waals surface area (Å²) in [4.78, 5) is 3.92. The Balaban J connectivity index is 2.56. The lowest BCUT2D eigenvalue weighted by Crippen LogP contribution is -2.20. The van der Waals surface area contributed by atoms with Crippen molar-refractivity contribution in [2.24, 2.45) is 0 Å². The first-order valence-electron chi connectivity index (χ1n) is 5.22. The van der Waals surface area contributed by atoms with Gasteiger partial charge in [0.1, 0.15) is 0 Å². The molecule has 17 heavy (non-hydrogen) atoms. The molecule has 0 amide bonds. The van der Waals surface area contributed by atoms with Crippen molar-refractivity contribution in [1.82, 2.24) is 10.3 Å². The number of nitrogens with one attached hydrogen (secondary N) is 2. The molecule has 0 atom stereocenters. The summed E-state index contributed by atoms with van der Waals surface area (Å²) in [6.07, 6.45) is 1.99. The van der Waals surface area contributed by atoms with Crippen LogP contribution in [-0.4, -0.2) is 39.9 Å². The van der Waals surface area contributed by atoms with Crippen molar-refractivity contribution in [2.75, 3.05) is 31.2 Å². The number of pyridine rings is 1. The molecular formula is C10H17N3O3S. The molecule has 1 aromatic rings. The van der Waals surface area contributed by atoms with Gasteiger partial charge in [0.25, 0.3) is 0 Å². The number of hydrogen-bond donors (Lipinski definition) is 2. The fourth-order valence-corrected chi connectivity index (χ4v) is 2.34. The van der Waals surface area contributed by atoms with Crippen molar-refractivity contribution in [1.29, 1.82) is 0 Å². The summed E-state index contributed by atoms with van der Waals surface area (Å²) in [5.41, 5.74) is 0.440. The van der Waals surface area contributed by atoms with E-state index < -0.39 is 10.0 Å². The second-order valence-corrected chi connectivity index (χ2v) is 5.31. The van der Waals surface area contributed by atoms with Gasteiger partial charge in [-0.1, -0.05) is 0 Å². The minimum atomic E-state index is -3.30. The maximum Gasteiger partial charge on any atom is 0.232 e. The van der Waals surface area contributed by atoms with Crippen LogP contribution in [0.15, 0.2) is 18.3 Å². The third-order valence-corrected chi connectivity index (χ3v) is 3.43. The van der Waals surface area contributed by atoms with E-state index >= 15 is 0 Å². The first kappa shape index (κ1) is 13.7. The lowest BCUT2D eigenvalue weighted by molar-refractivity contribution is 0.398. The number of anilines is 1. The molecule has 0 aliphatic carbocycles. The first-order valence-corrected chi connectivity index (χ1v) is 6.88. The first-order chi connectivity index (χ1) is 8.07. The third-order valence-electron chi connectivity index (χ3n) is 2.06. The second-order valence-electron chi connectivity index (χ2n) is 3.47. The van der Waals surface area contributed by atoms with E-state index in [4.69, 9.17) is 4.74 Å². The Morgan fingerprint density at radius 3 is 2.71 bits per heavy atom. The molecule has 0 aliphatic heterocycles. The predicted octanol–water partition coefficient (Wildman–Crippen LogP) is 0.441. The van der Waals surface area contributed by atoms with E-state index in [2.05, 4.69) is 15.0 Å². The molecule has 0 fully saturated rings. The highest BCUT2D eigenvalue weighted by Crippen LogP contribution is 2.12. The molecule has 0 aromatic carbocycles. The summed E-state index contributed by atoms with van der Waals surface area (Å²) in [6.45, 7) is 0.668. The molecule has 96 valence electrons. The van der Waals surface area contributed by atoms with Crippen molar-refractivity contribution in [3.8, 4) is 5.88 Å². The number of hydrogen-bond acceptors (Lipinski definition) is 5. The number of aromatic nitrogens is 1. The molecule has 0 bridgehead atoms. The summed E-state index contributed by atoms with van der Waals surface area (Å²) in [5.74, 6) is 0.531. The van der Waals surface area contributed by atoms with E-state index in [1.165, 1.54) is 13.3 Å². The molecule has 2 N–H and O–H groups in total. The fraction of sp³-hybridized carbons (Fsp3) is 0.500. The lowest BCUT2D eigenvalue weighted by atomic mass is 10.4. The fourth-order valence-electron chi connectivity index (χ4n) is 1.23. The average molecular weight is 259 g/mol. The highest BCUT2D eigenvalue weighted by molar-refractivity contribution is 7.92. The molecule has 7 heteroatoms. The minimum Gasteiger partial charge on any atom is -0.481 e. The van der Waals surface area contributed by atoms with Gasteiger partial charge < -0.3 is 10.1 Å². The predicted molar refractivity (Wildman–Crippen MR) is 66.7 cm³/mol. The quantitative estimate of drug-likeness (QED) is 0.695. The second kappa shape index (κ2) is 6.41. The molecule has 1 aromatic heterocycles. The smallest absolute Gasteiger partial charge is 0.232 e. The van der Waals surface area contributed by atoms with Gasteiger partial charge in [0, 0.05) is 6.07 Å². The van der Waals surface area contributed by atoms with Crippen LogP contribution in [0.2, 0.25) is 0 Å². The average Bonchev–Trinajstić information content (AvgIpc) is 2.30. The Hall–Kier alpha value is -1.34. The molecule has 0 saturated carbocycles. The van der Waals surface area contributed by atoms with E-state index in [0.717, 1.165) is 0 Å². The van der Waals surface area contributed by atoms with Crippen LogP contribution in [0, 0.1) is 0 Å². The molecule has 1 heterocycles. The van der Waals surface area contributed by atoms with Crippen LogP contribution in [0.3, 0.4) is 0 Å². The van der Waals surface area contributed by atoms with Crippen molar-refractivity contribution >= 4 is 15.7 Å². The molecule has 1 rings (SSSR count). The van der Waals surface area contributed by atoms with E-state index in [-0.39, 0.29) is 5.75 Å². The zero-order valence-electron chi connectivity index (χ0n) is 9.93. The summed E-state index contributed by atoms with van der Waals surface area (Å²) in [5, 5.41) is 2.90. The van der Waals surface area contributed by atoms with Gasteiger partial charge in [-0.3, -0.25) is 4.72 Å². The number of sulfonamides is 1. The van der Waals surface area contributed by atoms with Crippen molar-refractivity contribution in [3.63, 3.8) is 0 Å². The van der Waals surface area contributed by atoms with Gasteiger partial charge in [-0.15, -0.1) is 0 Å². The molecule has 0 aliphatic rings. The molecule has 0 radical (unpaired) electrons. The molecule has 0 unspecified atom stereocenters. The molecule has 0 saturated heterocycles. The van der Waals surface area contributed by atoms with Gasteiger partial charge in [0.15, 0.2) is 0 Å². The molecular weight excluding hydrogens is 242 g/mol. The third kappa shape index (κ3) is 5.01. The maximum atomic E-state index is 11.6. The topological polar surface area (TPSA) is 80.3 Å². The zero-order chi connectivity index (χ0) is 12.7. The Morgan fingerprint density at radius 1 is 1.41 bits per heavy atom. The maximum absolute atomic E-state index is 11.6. The number of nitrogens with zero attached hydrogens (tertiary/aromatic N) is 1. The molecule has 0 spiro atoms. The Morgan fingerprint density at radius 2 is 2.18 bits per heavy atom. The minimum absolute atomic E-state index is 0.0832. The van der Waals surface area contributed by atoms with Crippen molar-refractivity contribution in [3.05, 3.63) is 18.3 Å². The van der Waals surface area contributed by atoms with Gasteiger partial charge >= 0.3 is 0 Å². The monoisotopic (exact) mass is 259 g/mol. The zero-order valence-corrected chi connectivity index (χ0v) is 10.8. The van der Waals surface area contributed by atoms with Crippen LogP contribution < -0.4 is 14.8 Å². The highest BCUT2D eigenvalue weighted by atomic mass is 32.2. The Bertz CT molecular complexity index is 431. The van der Waals surface area contributed by atoms with Crippen molar-refractivity contribution < 1.29 is 13.2 Å². The van der Waals surface area contributed by atoms with Crippen LogP contribution >= 0.6 is 0 Å². The van der Waals surface area contributed by atoms with E-state index in [9.17, 15) is 8.42 Å². The van der Waals surface area contributed by atoms with Crippen molar-refractivity contribution in [2.45, 2.75) is 6.42 Å². The van der Waals surface area contributed by atoms with Crippen LogP contribution in [-0.2, 0) is 10.0 Å². The van der Waals surface area contributed by atoms with Crippen LogP contribution in [0.25, 0.3) is 0 Å². The normalized spacial score (nSPS) is 11.2. The van der Waals surface area contributed by atoms with Gasteiger partial charge in [-0.25, -0.2) is 13.4 Å². The highest BCUT2D eigenvalue weighted by Gasteiger charge is 2.09. The Kier molecular flexibility index (Phi) is 5.17. The number of rotatable bonds is 7. The Labute approximate surface area is 101 Å². The summed E-state index contributed by atoms with van der Waals surface area (Å²) < 4.78 is 30.6. The summed E-state index contributed by atoms with van der Waals surface area (Å²) in [6, 6.07) is 3.22. The standard InChI is InChI=1S/C10H17N3O3S/c1-11-6-3-7-17(14,15)13-9-4-5-10(16-2)12-8-9/h4-5,8,11,13H,3,6-7H2,1-2H3. The van der Waals surface area contributed by atoms with Crippen LogP contribution in [0.1, 0.15) is 6.42 Å². The van der Waals surface area contributed by atoms with Gasteiger partial charge in [-0.2, -0.15) is 0 Å². The molecule has 6 nitrogen and oxygen atoms in total. The lowest BCUT2D eigenvalue weighted by Gasteiger charge is -2.07. The van der Waals surface area contributed by atoms with E-state index in [1.54, 1.807) is 19.2 Å².